The van der Waals surface area contributed by atoms with Gasteiger partial charge in [-0.2, -0.15) is 0 Å². The average Bonchev–Trinajstić information content (AvgIpc) is 2.11. The molecular weight excluding hydrogens is 222 g/mol. The molecule has 1 aromatic heterocycles. The summed E-state index contributed by atoms with van der Waals surface area (Å²) in [6, 6.07) is 2.10. The van der Waals surface area contributed by atoms with Crippen LogP contribution >= 0.6 is 27.3 Å². The first-order chi connectivity index (χ1) is 4.91. The monoisotopic (exact) mass is 233 g/mol. The van der Waals surface area contributed by atoms with Crippen molar-refractivity contribution in [3.63, 3.8) is 0 Å². The fourth-order valence-electron chi connectivity index (χ4n) is 0.777. The lowest BCUT2D eigenvalue weighted by Gasteiger charge is -2.15. The largest absolute Gasteiger partial charge is 0.321 e. The summed E-state index contributed by atoms with van der Waals surface area (Å²) in [6.07, 6.45) is 0. The van der Waals surface area contributed by atoms with E-state index in [1.807, 2.05) is 13.8 Å². The van der Waals surface area contributed by atoms with Crippen molar-refractivity contribution in [2.45, 2.75) is 26.3 Å². The standard InChI is InChI=1S/C8H12BrNS/c1-5-6(9)4-7(11-5)8(2,3)10/h4H,10H2,1-3H3. The first kappa shape index (κ1) is 9.23. The van der Waals surface area contributed by atoms with Crippen molar-refractivity contribution in [1.82, 2.24) is 0 Å². The third-order valence-electron chi connectivity index (χ3n) is 1.49. The van der Waals surface area contributed by atoms with Gasteiger partial charge in [0, 0.05) is 19.8 Å². The quantitative estimate of drug-likeness (QED) is 0.794. The molecule has 0 aliphatic carbocycles. The van der Waals surface area contributed by atoms with Gasteiger partial charge in [0.25, 0.3) is 0 Å². The fraction of sp³-hybridized carbons (Fsp3) is 0.500. The Labute approximate surface area is 79.7 Å². The van der Waals surface area contributed by atoms with Crippen molar-refractivity contribution < 1.29 is 0 Å². The normalized spacial score (nSPS) is 12.1. The molecule has 0 unspecified atom stereocenters. The lowest BCUT2D eigenvalue weighted by molar-refractivity contribution is 0.567. The van der Waals surface area contributed by atoms with Crippen molar-refractivity contribution in [3.8, 4) is 0 Å². The number of aryl methyl sites for hydroxylation is 1. The van der Waals surface area contributed by atoms with E-state index in [1.54, 1.807) is 11.3 Å². The minimum Gasteiger partial charge on any atom is -0.321 e. The summed E-state index contributed by atoms with van der Waals surface area (Å²) in [5.41, 5.74) is 5.72. The minimum absolute atomic E-state index is 0.207. The Morgan fingerprint density at radius 3 is 2.27 bits per heavy atom. The van der Waals surface area contributed by atoms with Gasteiger partial charge in [0.05, 0.1) is 0 Å². The molecule has 0 amide bonds. The van der Waals surface area contributed by atoms with Gasteiger partial charge in [0.1, 0.15) is 0 Å². The molecule has 0 aliphatic heterocycles. The molecule has 1 nitrogen and oxygen atoms in total. The molecule has 0 saturated heterocycles. The Bertz CT molecular complexity index is 240. The maximum absolute atomic E-state index is 5.93. The van der Waals surface area contributed by atoms with E-state index >= 15 is 0 Å². The highest BCUT2D eigenvalue weighted by molar-refractivity contribution is 9.10. The highest BCUT2D eigenvalue weighted by atomic mass is 79.9. The summed E-state index contributed by atoms with van der Waals surface area (Å²) < 4.78 is 1.16. The second-order valence-electron chi connectivity index (χ2n) is 3.24. The van der Waals surface area contributed by atoms with E-state index in [-0.39, 0.29) is 5.54 Å². The summed E-state index contributed by atoms with van der Waals surface area (Å²) >= 11 is 5.21. The molecule has 1 heterocycles. The van der Waals surface area contributed by atoms with Crippen LogP contribution in [0.25, 0.3) is 0 Å². The fourth-order valence-corrected chi connectivity index (χ4v) is 2.33. The maximum Gasteiger partial charge on any atom is 0.0447 e. The van der Waals surface area contributed by atoms with Gasteiger partial charge in [0.2, 0.25) is 0 Å². The van der Waals surface area contributed by atoms with Gasteiger partial charge < -0.3 is 5.73 Å². The zero-order chi connectivity index (χ0) is 8.65. The molecule has 62 valence electrons. The topological polar surface area (TPSA) is 26.0 Å². The molecule has 0 bridgehead atoms. The van der Waals surface area contributed by atoms with Crippen LogP contribution in [0.5, 0.6) is 0 Å². The van der Waals surface area contributed by atoms with Crippen LogP contribution in [0.1, 0.15) is 23.6 Å². The van der Waals surface area contributed by atoms with Gasteiger partial charge in [0.15, 0.2) is 0 Å². The summed E-state index contributed by atoms with van der Waals surface area (Å²) in [5, 5.41) is 0. The molecule has 0 spiro atoms. The van der Waals surface area contributed by atoms with E-state index < -0.39 is 0 Å². The molecule has 2 N–H and O–H groups in total. The van der Waals surface area contributed by atoms with Crippen LogP contribution in [-0.4, -0.2) is 0 Å². The smallest absolute Gasteiger partial charge is 0.0447 e. The predicted octanol–water partition coefficient (Wildman–Crippen LogP) is 3.01. The van der Waals surface area contributed by atoms with E-state index in [1.165, 1.54) is 9.75 Å². The van der Waals surface area contributed by atoms with Gasteiger partial charge in [-0.05, 0) is 42.8 Å². The minimum atomic E-state index is -0.207. The number of thiophene rings is 1. The molecule has 11 heavy (non-hydrogen) atoms. The second-order valence-corrected chi connectivity index (χ2v) is 5.35. The number of hydrogen-bond donors (Lipinski definition) is 1. The van der Waals surface area contributed by atoms with Crippen LogP contribution in [0.2, 0.25) is 0 Å². The van der Waals surface area contributed by atoms with Crippen molar-refractivity contribution in [2.24, 2.45) is 5.73 Å². The van der Waals surface area contributed by atoms with Crippen molar-refractivity contribution in [1.29, 1.82) is 0 Å². The van der Waals surface area contributed by atoms with Gasteiger partial charge in [-0.15, -0.1) is 11.3 Å². The van der Waals surface area contributed by atoms with Crippen LogP contribution in [0.3, 0.4) is 0 Å². The summed E-state index contributed by atoms with van der Waals surface area (Å²) in [4.78, 5) is 2.51. The van der Waals surface area contributed by atoms with Crippen LogP contribution in [0, 0.1) is 6.92 Å². The molecule has 0 radical (unpaired) electrons. The summed E-state index contributed by atoms with van der Waals surface area (Å²) in [5.74, 6) is 0. The third kappa shape index (κ3) is 2.04. The lowest BCUT2D eigenvalue weighted by Crippen LogP contribution is -2.27. The maximum atomic E-state index is 5.93. The Morgan fingerprint density at radius 2 is 2.09 bits per heavy atom. The molecule has 0 aromatic carbocycles. The van der Waals surface area contributed by atoms with Crippen LogP contribution in [-0.2, 0) is 5.54 Å². The molecule has 0 aliphatic rings. The first-order valence-electron chi connectivity index (χ1n) is 3.46. The second kappa shape index (κ2) is 2.88. The molecule has 1 aromatic rings. The van der Waals surface area contributed by atoms with Crippen LogP contribution in [0.4, 0.5) is 0 Å². The number of nitrogens with two attached hydrogens (primary N) is 1. The van der Waals surface area contributed by atoms with Gasteiger partial charge >= 0.3 is 0 Å². The van der Waals surface area contributed by atoms with Crippen LogP contribution < -0.4 is 5.73 Å². The molecular formula is C8H12BrNS. The van der Waals surface area contributed by atoms with Crippen LogP contribution in [0.15, 0.2) is 10.5 Å². The molecule has 3 heteroatoms. The van der Waals surface area contributed by atoms with E-state index in [0.717, 1.165) is 4.47 Å². The number of rotatable bonds is 1. The van der Waals surface area contributed by atoms with Crippen molar-refractivity contribution in [2.75, 3.05) is 0 Å². The van der Waals surface area contributed by atoms with Gasteiger partial charge in [-0.3, -0.25) is 0 Å². The summed E-state index contributed by atoms with van der Waals surface area (Å²) in [7, 11) is 0. The van der Waals surface area contributed by atoms with E-state index in [4.69, 9.17) is 5.73 Å². The highest BCUT2D eigenvalue weighted by Crippen LogP contribution is 2.31. The predicted molar refractivity (Wildman–Crippen MR) is 54.0 cm³/mol. The summed E-state index contributed by atoms with van der Waals surface area (Å²) in [6.45, 7) is 6.12. The Balaban J connectivity index is 3.08. The van der Waals surface area contributed by atoms with Gasteiger partial charge in [-0.25, -0.2) is 0 Å². The lowest BCUT2D eigenvalue weighted by atomic mass is 10.1. The number of hydrogen-bond acceptors (Lipinski definition) is 2. The van der Waals surface area contributed by atoms with E-state index in [2.05, 4.69) is 28.9 Å². The molecule has 0 atom stereocenters. The molecule has 1 rings (SSSR count). The Morgan fingerprint density at radius 1 is 1.55 bits per heavy atom. The van der Waals surface area contributed by atoms with Crippen molar-refractivity contribution >= 4 is 27.3 Å². The Kier molecular flexibility index (Phi) is 2.42. The number of halogens is 1. The third-order valence-corrected chi connectivity index (χ3v) is 3.97. The molecule has 0 saturated carbocycles. The first-order valence-corrected chi connectivity index (χ1v) is 5.07. The zero-order valence-corrected chi connectivity index (χ0v) is 9.34. The van der Waals surface area contributed by atoms with Gasteiger partial charge in [-0.1, -0.05) is 0 Å². The highest BCUT2D eigenvalue weighted by Gasteiger charge is 2.17. The van der Waals surface area contributed by atoms with E-state index in [0.29, 0.717) is 0 Å². The molecule has 0 fully saturated rings. The van der Waals surface area contributed by atoms with Crippen molar-refractivity contribution in [3.05, 3.63) is 20.3 Å². The average molecular weight is 234 g/mol. The SMILES string of the molecule is Cc1sc(C(C)(C)N)cc1Br. The van der Waals surface area contributed by atoms with E-state index in [9.17, 15) is 0 Å². The Hall–Kier alpha value is 0.140. The zero-order valence-electron chi connectivity index (χ0n) is 6.94.